The molecule has 3 unspecified atom stereocenters. The standard InChI is InChI=1S/C19H18O6/c1-18(24)6-13(22)16-10-5-9-3-2-4-11(20)14(9)17(23)15(10)12(21)7-19(16,25)8-18/h2-5,16,20,23-25H,6-8H2,1H3. The van der Waals surface area contributed by atoms with Crippen molar-refractivity contribution < 1.29 is 30.0 Å². The SMILES string of the molecule is CC1(O)CC(=O)C2c3cc4cccc(O)c4c(O)c3C(=O)CC2(O)C1. The van der Waals surface area contributed by atoms with Gasteiger partial charge in [0.1, 0.15) is 17.3 Å². The minimum Gasteiger partial charge on any atom is -0.507 e. The van der Waals surface area contributed by atoms with E-state index in [9.17, 15) is 30.0 Å². The number of rotatable bonds is 0. The van der Waals surface area contributed by atoms with Crippen LogP contribution < -0.4 is 0 Å². The number of ketones is 2. The molecular formula is C19H18O6. The highest BCUT2D eigenvalue weighted by Gasteiger charge is 2.56. The first kappa shape index (κ1) is 16.1. The zero-order valence-electron chi connectivity index (χ0n) is 13.6. The fraction of sp³-hybridized carbons (Fsp3) is 0.368. The fourth-order valence-corrected chi connectivity index (χ4v) is 4.55. The van der Waals surface area contributed by atoms with E-state index in [0.29, 0.717) is 5.39 Å². The lowest BCUT2D eigenvalue weighted by atomic mass is 9.60. The van der Waals surface area contributed by atoms with Gasteiger partial charge in [0.2, 0.25) is 0 Å². The summed E-state index contributed by atoms with van der Waals surface area (Å²) in [7, 11) is 0. The molecule has 0 radical (unpaired) electrons. The molecule has 0 heterocycles. The molecule has 2 aromatic rings. The lowest BCUT2D eigenvalue weighted by molar-refractivity contribution is -0.149. The number of phenols is 2. The monoisotopic (exact) mass is 342 g/mol. The van der Waals surface area contributed by atoms with Gasteiger partial charge in [0, 0.05) is 19.3 Å². The average molecular weight is 342 g/mol. The number of aromatic hydroxyl groups is 2. The maximum atomic E-state index is 12.7. The van der Waals surface area contributed by atoms with E-state index < -0.39 is 22.9 Å². The molecule has 2 aromatic carbocycles. The molecule has 0 saturated heterocycles. The Morgan fingerprint density at radius 1 is 1.12 bits per heavy atom. The van der Waals surface area contributed by atoms with Crippen molar-refractivity contribution >= 4 is 22.3 Å². The van der Waals surface area contributed by atoms with Crippen molar-refractivity contribution in [1.82, 2.24) is 0 Å². The van der Waals surface area contributed by atoms with E-state index in [1.165, 1.54) is 13.0 Å². The molecule has 2 aliphatic rings. The van der Waals surface area contributed by atoms with Gasteiger partial charge in [-0.05, 0) is 30.0 Å². The molecule has 4 rings (SSSR count). The van der Waals surface area contributed by atoms with Gasteiger partial charge in [-0.25, -0.2) is 0 Å². The molecule has 1 fully saturated rings. The van der Waals surface area contributed by atoms with Crippen LogP contribution >= 0.6 is 0 Å². The van der Waals surface area contributed by atoms with Gasteiger partial charge in [-0.2, -0.15) is 0 Å². The van der Waals surface area contributed by atoms with Crippen molar-refractivity contribution in [2.24, 2.45) is 0 Å². The molecule has 130 valence electrons. The second kappa shape index (κ2) is 4.80. The van der Waals surface area contributed by atoms with Gasteiger partial charge in [0.15, 0.2) is 5.78 Å². The Morgan fingerprint density at radius 3 is 2.56 bits per heavy atom. The lowest BCUT2D eigenvalue weighted by Gasteiger charge is -2.47. The molecule has 6 nitrogen and oxygen atoms in total. The zero-order chi connectivity index (χ0) is 18.1. The number of carbonyl (C=O) groups is 2. The summed E-state index contributed by atoms with van der Waals surface area (Å²) in [6.45, 7) is 1.47. The van der Waals surface area contributed by atoms with E-state index in [0.717, 1.165) is 0 Å². The Hall–Kier alpha value is -2.44. The van der Waals surface area contributed by atoms with Crippen LogP contribution in [0, 0.1) is 0 Å². The number of benzene rings is 2. The Labute approximate surface area is 143 Å². The van der Waals surface area contributed by atoms with Gasteiger partial charge in [-0.1, -0.05) is 12.1 Å². The molecule has 0 aliphatic heterocycles. The van der Waals surface area contributed by atoms with Crippen molar-refractivity contribution in [3.63, 3.8) is 0 Å². The van der Waals surface area contributed by atoms with E-state index in [1.807, 2.05) is 0 Å². The summed E-state index contributed by atoms with van der Waals surface area (Å²) < 4.78 is 0. The second-order valence-corrected chi connectivity index (χ2v) is 7.52. The number of hydrogen-bond acceptors (Lipinski definition) is 6. The van der Waals surface area contributed by atoms with Crippen LogP contribution in [0.15, 0.2) is 24.3 Å². The lowest BCUT2D eigenvalue weighted by Crippen LogP contribution is -2.56. The van der Waals surface area contributed by atoms with E-state index in [1.54, 1.807) is 18.2 Å². The Kier molecular flexibility index (Phi) is 3.08. The highest BCUT2D eigenvalue weighted by molar-refractivity contribution is 6.11. The van der Waals surface area contributed by atoms with E-state index in [2.05, 4.69) is 0 Å². The smallest absolute Gasteiger partial charge is 0.169 e. The molecule has 25 heavy (non-hydrogen) atoms. The third kappa shape index (κ3) is 2.18. The molecule has 3 atom stereocenters. The maximum Gasteiger partial charge on any atom is 0.169 e. The molecule has 0 aromatic heterocycles. The average Bonchev–Trinajstić information content (AvgIpc) is 2.43. The van der Waals surface area contributed by atoms with E-state index >= 15 is 0 Å². The van der Waals surface area contributed by atoms with Gasteiger partial charge < -0.3 is 20.4 Å². The summed E-state index contributed by atoms with van der Waals surface area (Å²) in [5.41, 5.74) is -2.83. The predicted molar refractivity (Wildman–Crippen MR) is 88.8 cm³/mol. The minimum atomic E-state index is -1.68. The minimum absolute atomic E-state index is 0.0291. The van der Waals surface area contributed by atoms with Crippen molar-refractivity contribution in [2.75, 3.05) is 0 Å². The third-order valence-electron chi connectivity index (χ3n) is 5.31. The van der Waals surface area contributed by atoms with Gasteiger partial charge in [-0.15, -0.1) is 0 Å². The van der Waals surface area contributed by atoms with Crippen LogP contribution in [0.5, 0.6) is 11.5 Å². The van der Waals surface area contributed by atoms with Gasteiger partial charge in [0.05, 0.1) is 28.1 Å². The first-order valence-corrected chi connectivity index (χ1v) is 8.11. The Morgan fingerprint density at radius 2 is 1.84 bits per heavy atom. The Balaban J connectivity index is 2.03. The van der Waals surface area contributed by atoms with Crippen molar-refractivity contribution in [3.8, 4) is 11.5 Å². The number of fused-ring (bicyclic) bond motifs is 4. The maximum absolute atomic E-state index is 12.7. The van der Waals surface area contributed by atoms with Crippen LogP contribution in [0.2, 0.25) is 0 Å². The fourth-order valence-electron chi connectivity index (χ4n) is 4.55. The second-order valence-electron chi connectivity index (χ2n) is 7.52. The van der Waals surface area contributed by atoms with Crippen molar-refractivity contribution in [3.05, 3.63) is 35.4 Å². The normalized spacial score (nSPS) is 31.7. The van der Waals surface area contributed by atoms with Crippen molar-refractivity contribution in [1.29, 1.82) is 0 Å². The summed E-state index contributed by atoms with van der Waals surface area (Å²) in [4.78, 5) is 25.3. The topological polar surface area (TPSA) is 115 Å². The van der Waals surface area contributed by atoms with Crippen molar-refractivity contribution in [2.45, 2.75) is 43.3 Å². The van der Waals surface area contributed by atoms with Crippen LogP contribution in [0.3, 0.4) is 0 Å². The quantitative estimate of drug-likeness (QED) is 0.580. The number of hydrogen-bond donors (Lipinski definition) is 4. The number of carbonyl (C=O) groups excluding carboxylic acids is 2. The molecule has 0 bridgehead atoms. The third-order valence-corrected chi connectivity index (χ3v) is 5.31. The van der Waals surface area contributed by atoms with E-state index in [-0.39, 0.29) is 53.1 Å². The molecule has 1 saturated carbocycles. The summed E-state index contributed by atoms with van der Waals surface area (Å²) in [5, 5.41) is 42.5. The first-order chi connectivity index (χ1) is 11.6. The number of Topliss-reactive ketones (excluding diaryl/α,β-unsaturated/α-hetero) is 2. The number of phenolic OH excluding ortho intramolecular Hbond substituents is 2. The van der Waals surface area contributed by atoms with Gasteiger partial charge >= 0.3 is 0 Å². The van der Waals surface area contributed by atoms with Crippen LogP contribution in [-0.4, -0.2) is 43.2 Å². The zero-order valence-corrected chi connectivity index (χ0v) is 13.6. The molecule has 2 aliphatic carbocycles. The molecule has 0 spiro atoms. The van der Waals surface area contributed by atoms with Gasteiger partial charge in [0.25, 0.3) is 0 Å². The molecule has 6 heteroatoms. The summed E-state index contributed by atoms with van der Waals surface area (Å²) in [5.74, 6) is -2.40. The molecular weight excluding hydrogens is 324 g/mol. The summed E-state index contributed by atoms with van der Waals surface area (Å²) in [6.07, 6.45) is -0.591. The Bertz CT molecular complexity index is 945. The van der Waals surface area contributed by atoms with Crippen LogP contribution in [-0.2, 0) is 4.79 Å². The first-order valence-electron chi connectivity index (χ1n) is 8.11. The van der Waals surface area contributed by atoms with Crippen LogP contribution in [0.4, 0.5) is 0 Å². The highest BCUT2D eigenvalue weighted by atomic mass is 16.3. The van der Waals surface area contributed by atoms with E-state index in [4.69, 9.17) is 0 Å². The van der Waals surface area contributed by atoms with Crippen LogP contribution in [0.25, 0.3) is 10.8 Å². The molecule has 4 N–H and O–H groups in total. The summed E-state index contributed by atoms with van der Waals surface area (Å²) >= 11 is 0. The number of aliphatic hydroxyl groups is 2. The summed E-state index contributed by atoms with van der Waals surface area (Å²) in [6, 6.07) is 6.21. The largest absolute Gasteiger partial charge is 0.507 e. The predicted octanol–water partition coefficient (Wildman–Crippen LogP) is 1.77. The van der Waals surface area contributed by atoms with Gasteiger partial charge in [-0.3, -0.25) is 9.59 Å². The molecule has 0 amide bonds. The van der Waals surface area contributed by atoms with Crippen LogP contribution in [0.1, 0.15) is 48.0 Å². The highest BCUT2D eigenvalue weighted by Crippen LogP contribution is 2.52.